The lowest BCUT2D eigenvalue weighted by Crippen LogP contribution is -2.30. The van der Waals surface area contributed by atoms with E-state index in [-0.39, 0.29) is 19.8 Å². The van der Waals surface area contributed by atoms with E-state index >= 15 is 0 Å². The number of carboxylic acids is 1. The lowest BCUT2D eigenvalue weighted by molar-refractivity contribution is -0.138. The van der Waals surface area contributed by atoms with Crippen molar-refractivity contribution in [3.63, 3.8) is 0 Å². The molecule has 0 saturated carbocycles. The lowest BCUT2D eigenvalue weighted by atomic mass is 10.2. The Kier molecular flexibility index (Phi) is 9.59. The maximum atomic E-state index is 10.4. The molecule has 5 heteroatoms. The molecule has 0 bridgehead atoms. The van der Waals surface area contributed by atoms with Gasteiger partial charge in [-0.25, -0.2) is 0 Å². The highest BCUT2D eigenvalue weighted by atomic mass is 16.5. The molecular formula is C9H19NO4. The maximum Gasteiger partial charge on any atom is 0.320 e. The second-order valence-electron chi connectivity index (χ2n) is 2.84. The first kappa shape index (κ1) is 15.5. The fourth-order valence-corrected chi connectivity index (χ4v) is 0.745. The van der Waals surface area contributed by atoms with Crippen LogP contribution >= 0.6 is 0 Å². The van der Waals surface area contributed by atoms with Gasteiger partial charge in [0.2, 0.25) is 0 Å². The molecule has 0 aliphatic rings. The predicted molar refractivity (Wildman–Crippen MR) is 53.1 cm³/mol. The number of hydrogen-bond donors (Lipinski definition) is 2. The van der Waals surface area contributed by atoms with Crippen molar-refractivity contribution >= 4 is 11.8 Å². The van der Waals surface area contributed by atoms with E-state index in [1.165, 1.54) is 6.92 Å². The molecule has 0 aromatic heterocycles. The zero-order chi connectivity index (χ0) is 10.3. The van der Waals surface area contributed by atoms with Crippen LogP contribution in [0.2, 0.25) is 0 Å². The first-order valence-corrected chi connectivity index (χ1v) is 4.09. The number of aliphatic carboxylic acids is 1. The maximum absolute atomic E-state index is 10.4. The van der Waals surface area contributed by atoms with Crippen molar-refractivity contribution in [2.45, 2.75) is 33.2 Å². The van der Waals surface area contributed by atoms with E-state index < -0.39 is 12.0 Å². The van der Waals surface area contributed by atoms with E-state index in [0.717, 1.165) is 0 Å². The van der Waals surface area contributed by atoms with Crippen LogP contribution in [0.3, 0.4) is 0 Å². The highest BCUT2D eigenvalue weighted by molar-refractivity contribution is 5.76. The van der Waals surface area contributed by atoms with Crippen molar-refractivity contribution in [2.24, 2.45) is 5.73 Å². The fourth-order valence-electron chi connectivity index (χ4n) is 0.745. The number of Topliss-reactive ketones (excluding diaryl/α,β-unsaturated/α-hetero) is 1. The second kappa shape index (κ2) is 8.65. The first-order chi connectivity index (χ1) is 6.04. The van der Waals surface area contributed by atoms with Crippen LogP contribution in [-0.4, -0.2) is 36.1 Å². The molecule has 0 fully saturated rings. The third kappa shape index (κ3) is 9.15. The quantitative estimate of drug-likeness (QED) is 0.588. The number of hydrogen-bond acceptors (Lipinski definition) is 4. The average molecular weight is 205 g/mol. The average Bonchev–Trinajstić information content (AvgIpc) is 2.02. The predicted octanol–water partition coefficient (Wildman–Crippen LogP) is 0.420. The Morgan fingerprint density at radius 1 is 1.50 bits per heavy atom. The van der Waals surface area contributed by atoms with Gasteiger partial charge in [0.25, 0.3) is 0 Å². The van der Waals surface area contributed by atoms with Gasteiger partial charge in [0.1, 0.15) is 12.6 Å². The van der Waals surface area contributed by atoms with E-state index in [2.05, 4.69) is 0 Å². The van der Waals surface area contributed by atoms with Gasteiger partial charge in [-0.15, -0.1) is 0 Å². The number of carbonyl (C=O) groups is 2. The van der Waals surface area contributed by atoms with E-state index in [4.69, 9.17) is 15.6 Å². The summed E-state index contributed by atoms with van der Waals surface area (Å²) in [6.45, 7) is 1.89. The Hall–Kier alpha value is -0.940. The number of ether oxygens (including phenoxy) is 1. The van der Waals surface area contributed by atoms with Gasteiger partial charge in [-0.1, -0.05) is 7.43 Å². The molecule has 0 aliphatic carbocycles. The molecular weight excluding hydrogens is 186 g/mol. The minimum atomic E-state index is -1.01. The van der Waals surface area contributed by atoms with Gasteiger partial charge in [0.15, 0.2) is 5.78 Å². The van der Waals surface area contributed by atoms with Gasteiger partial charge in [-0.3, -0.25) is 9.59 Å². The van der Waals surface area contributed by atoms with Gasteiger partial charge in [0, 0.05) is 6.61 Å². The topological polar surface area (TPSA) is 89.6 Å². The zero-order valence-corrected chi connectivity index (χ0v) is 7.66. The Balaban J connectivity index is 0. The Morgan fingerprint density at radius 3 is 2.50 bits per heavy atom. The summed E-state index contributed by atoms with van der Waals surface area (Å²) < 4.78 is 4.93. The van der Waals surface area contributed by atoms with Crippen molar-refractivity contribution in [3.05, 3.63) is 0 Å². The molecule has 5 nitrogen and oxygen atoms in total. The third-order valence-corrected chi connectivity index (χ3v) is 1.43. The molecule has 1 atom stereocenters. The zero-order valence-electron chi connectivity index (χ0n) is 7.66. The number of rotatable bonds is 7. The van der Waals surface area contributed by atoms with Gasteiger partial charge in [-0.05, 0) is 19.8 Å². The Labute approximate surface area is 84.2 Å². The molecule has 0 rings (SSSR count). The summed E-state index contributed by atoms with van der Waals surface area (Å²) >= 11 is 0. The second-order valence-corrected chi connectivity index (χ2v) is 2.84. The van der Waals surface area contributed by atoms with Crippen LogP contribution in [0.4, 0.5) is 0 Å². The molecule has 0 saturated heterocycles. The van der Waals surface area contributed by atoms with E-state index in [9.17, 15) is 9.59 Å². The molecule has 0 aliphatic heterocycles. The number of nitrogens with two attached hydrogens (primary N) is 1. The SMILES string of the molecule is C.CC(=O)COCCCC(N)C(=O)O. The molecule has 0 amide bonds. The van der Waals surface area contributed by atoms with Crippen molar-refractivity contribution in [1.29, 1.82) is 0 Å². The number of ketones is 1. The summed E-state index contributed by atoms with van der Waals surface area (Å²) in [6, 6.07) is -0.832. The van der Waals surface area contributed by atoms with Gasteiger partial charge in [0.05, 0.1) is 0 Å². The largest absolute Gasteiger partial charge is 0.480 e. The number of carboxylic acid groups (broad SMARTS) is 1. The fraction of sp³-hybridized carbons (Fsp3) is 0.778. The molecule has 0 aromatic rings. The van der Waals surface area contributed by atoms with Crippen LogP contribution in [0.25, 0.3) is 0 Å². The van der Waals surface area contributed by atoms with Crippen molar-refractivity contribution in [1.82, 2.24) is 0 Å². The molecule has 0 spiro atoms. The van der Waals surface area contributed by atoms with E-state index in [0.29, 0.717) is 19.4 Å². The first-order valence-electron chi connectivity index (χ1n) is 4.09. The monoisotopic (exact) mass is 205 g/mol. The van der Waals surface area contributed by atoms with Crippen LogP contribution < -0.4 is 5.73 Å². The van der Waals surface area contributed by atoms with Crippen LogP contribution in [0.15, 0.2) is 0 Å². The molecule has 0 aromatic carbocycles. The highest BCUT2D eigenvalue weighted by Gasteiger charge is 2.09. The normalized spacial score (nSPS) is 11.6. The Bertz CT molecular complexity index is 182. The summed E-state index contributed by atoms with van der Waals surface area (Å²) in [5, 5.41) is 8.41. The number of carbonyl (C=O) groups excluding carboxylic acids is 1. The standard InChI is InChI=1S/C8H15NO4.CH4/c1-6(10)5-13-4-2-3-7(9)8(11)12;/h7H,2-5,9H2,1H3,(H,11,12);1H4. The van der Waals surface area contributed by atoms with Gasteiger partial charge < -0.3 is 15.6 Å². The summed E-state index contributed by atoms with van der Waals surface area (Å²) in [5.74, 6) is -1.05. The summed E-state index contributed by atoms with van der Waals surface area (Å²) in [5.41, 5.74) is 5.24. The van der Waals surface area contributed by atoms with E-state index in [1.54, 1.807) is 0 Å². The third-order valence-electron chi connectivity index (χ3n) is 1.43. The van der Waals surface area contributed by atoms with Gasteiger partial charge >= 0.3 is 5.97 Å². The van der Waals surface area contributed by atoms with Crippen LogP contribution in [0, 0.1) is 0 Å². The highest BCUT2D eigenvalue weighted by Crippen LogP contribution is 1.95. The lowest BCUT2D eigenvalue weighted by Gasteiger charge is -2.05. The summed E-state index contributed by atoms with van der Waals surface area (Å²) in [4.78, 5) is 20.7. The Morgan fingerprint density at radius 2 is 2.07 bits per heavy atom. The molecule has 3 N–H and O–H groups in total. The summed E-state index contributed by atoms with van der Waals surface area (Å²) in [6.07, 6.45) is 0.925. The molecule has 14 heavy (non-hydrogen) atoms. The van der Waals surface area contributed by atoms with Crippen molar-refractivity contribution < 1.29 is 19.4 Å². The van der Waals surface area contributed by atoms with Crippen molar-refractivity contribution in [3.8, 4) is 0 Å². The van der Waals surface area contributed by atoms with Crippen LogP contribution in [0.5, 0.6) is 0 Å². The minimum absolute atomic E-state index is 0. The van der Waals surface area contributed by atoms with Crippen LogP contribution in [0.1, 0.15) is 27.2 Å². The molecule has 0 heterocycles. The van der Waals surface area contributed by atoms with E-state index in [1.807, 2.05) is 0 Å². The minimum Gasteiger partial charge on any atom is -0.480 e. The molecule has 84 valence electrons. The molecule has 1 unspecified atom stereocenters. The van der Waals surface area contributed by atoms with Gasteiger partial charge in [-0.2, -0.15) is 0 Å². The molecule has 0 radical (unpaired) electrons. The van der Waals surface area contributed by atoms with Crippen LogP contribution in [-0.2, 0) is 14.3 Å². The van der Waals surface area contributed by atoms with Crippen molar-refractivity contribution in [2.75, 3.05) is 13.2 Å². The smallest absolute Gasteiger partial charge is 0.320 e. The summed E-state index contributed by atoms with van der Waals surface area (Å²) in [7, 11) is 0.